The molecule has 0 fully saturated rings. The second kappa shape index (κ2) is 9.51. The Balaban J connectivity index is 1.85. The normalized spacial score (nSPS) is 13.7. The summed E-state index contributed by atoms with van der Waals surface area (Å²) in [5.74, 6) is 5.49. The Labute approximate surface area is 200 Å². The summed E-state index contributed by atoms with van der Waals surface area (Å²) in [4.78, 5) is 13.1. The van der Waals surface area contributed by atoms with E-state index in [2.05, 4.69) is 17.2 Å². The molecule has 7 nitrogen and oxygen atoms in total. The van der Waals surface area contributed by atoms with Gasteiger partial charge in [0.2, 0.25) is 0 Å². The van der Waals surface area contributed by atoms with Gasteiger partial charge in [-0.15, -0.1) is 0 Å². The van der Waals surface area contributed by atoms with Crippen molar-refractivity contribution in [2.24, 2.45) is 0 Å². The minimum atomic E-state index is -1.17. The minimum absolute atomic E-state index is 0.00768. The molecule has 0 spiro atoms. The van der Waals surface area contributed by atoms with Crippen molar-refractivity contribution in [3.05, 3.63) is 68.8 Å². The van der Waals surface area contributed by atoms with Crippen LogP contribution in [-0.4, -0.2) is 52.2 Å². The summed E-state index contributed by atoms with van der Waals surface area (Å²) in [5, 5.41) is 33.3. The molecule has 2 aromatic carbocycles. The number of nitrogens with one attached hydrogen (secondary N) is 1. The standard InChI is InChI=1S/C24H21ClN2O5S/c25-17-5-3-15(4-6-17)10-26-23(31)19-11-27-21-18(22(19)33)8-16(2-1-7-28)9-20(21)32-14-24(27,12-29)13-30/h3-6,8-9,11,28-30H,7,10,12-14H2,(H,26,31). The third-order valence-corrected chi connectivity index (χ3v) is 6.27. The molecule has 0 saturated carbocycles. The Kier molecular flexibility index (Phi) is 6.70. The van der Waals surface area contributed by atoms with Crippen LogP contribution in [-0.2, 0) is 12.1 Å². The van der Waals surface area contributed by atoms with E-state index < -0.39 is 24.7 Å². The summed E-state index contributed by atoms with van der Waals surface area (Å²) in [6.07, 6.45) is 1.55. The Morgan fingerprint density at radius 1 is 1.21 bits per heavy atom. The summed E-state index contributed by atoms with van der Waals surface area (Å²) in [7, 11) is 0. The van der Waals surface area contributed by atoms with Crippen LogP contribution < -0.4 is 10.1 Å². The molecule has 0 aliphatic carbocycles. The molecule has 0 unspecified atom stereocenters. The number of pyridine rings is 1. The summed E-state index contributed by atoms with van der Waals surface area (Å²) in [6.45, 7) is -0.856. The fourth-order valence-corrected chi connectivity index (χ4v) is 4.17. The van der Waals surface area contributed by atoms with Gasteiger partial charge in [0, 0.05) is 28.7 Å². The molecule has 0 bridgehead atoms. The molecule has 170 valence electrons. The first-order valence-corrected chi connectivity index (χ1v) is 10.9. The average molecular weight is 485 g/mol. The zero-order chi connectivity index (χ0) is 23.6. The van der Waals surface area contributed by atoms with Crippen LogP contribution in [0, 0.1) is 16.4 Å². The van der Waals surface area contributed by atoms with Gasteiger partial charge in [-0.3, -0.25) is 4.79 Å². The maximum atomic E-state index is 13.1. The number of hydrogen-bond donors (Lipinski definition) is 4. The van der Waals surface area contributed by atoms with Gasteiger partial charge in [-0.25, -0.2) is 0 Å². The molecule has 4 rings (SSSR count). The number of ether oxygens (including phenoxy) is 1. The molecule has 1 aliphatic rings. The van der Waals surface area contributed by atoms with Gasteiger partial charge in [0.25, 0.3) is 5.91 Å². The van der Waals surface area contributed by atoms with Gasteiger partial charge in [0.1, 0.15) is 24.5 Å². The highest BCUT2D eigenvalue weighted by Gasteiger charge is 2.38. The lowest BCUT2D eigenvalue weighted by Crippen LogP contribution is -2.49. The number of aliphatic hydroxyl groups excluding tert-OH is 3. The van der Waals surface area contributed by atoms with E-state index >= 15 is 0 Å². The largest absolute Gasteiger partial charge is 0.489 e. The van der Waals surface area contributed by atoms with Crippen molar-refractivity contribution < 1.29 is 24.9 Å². The van der Waals surface area contributed by atoms with Gasteiger partial charge in [-0.2, -0.15) is 0 Å². The number of carbonyl (C=O) groups is 1. The van der Waals surface area contributed by atoms with Crippen LogP contribution in [0.2, 0.25) is 5.02 Å². The van der Waals surface area contributed by atoms with Gasteiger partial charge in [-0.05, 0) is 29.8 Å². The Morgan fingerprint density at radius 3 is 2.61 bits per heavy atom. The van der Waals surface area contributed by atoms with E-state index in [-0.39, 0.29) is 25.3 Å². The number of halogens is 1. The molecular weight excluding hydrogens is 464 g/mol. The highest BCUT2D eigenvalue weighted by Crippen LogP contribution is 2.37. The van der Waals surface area contributed by atoms with Crippen molar-refractivity contribution in [2.45, 2.75) is 12.1 Å². The maximum absolute atomic E-state index is 13.1. The number of nitrogens with zero attached hydrogens (tertiary/aromatic N) is 1. The summed E-state index contributed by atoms with van der Waals surface area (Å²) in [5.41, 5.74) is 1.03. The molecule has 3 aromatic rings. The van der Waals surface area contributed by atoms with E-state index in [9.17, 15) is 15.0 Å². The summed E-state index contributed by atoms with van der Waals surface area (Å²) in [6, 6.07) is 10.5. The van der Waals surface area contributed by atoms with E-state index in [1.807, 2.05) is 12.1 Å². The van der Waals surface area contributed by atoms with Crippen LogP contribution in [0.3, 0.4) is 0 Å². The maximum Gasteiger partial charge on any atom is 0.254 e. The molecule has 1 amide bonds. The third-order valence-electron chi connectivity index (χ3n) is 5.58. The Hall–Kier alpha value is -2.93. The minimum Gasteiger partial charge on any atom is -0.489 e. The van der Waals surface area contributed by atoms with Crippen molar-refractivity contribution in [2.75, 3.05) is 26.4 Å². The molecular formula is C24H21ClN2O5S. The molecule has 0 atom stereocenters. The number of benzene rings is 2. The van der Waals surface area contributed by atoms with Crippen LogP contribution in [0.1, 0.15) is 21.5 Å². The summed E-state index contributed by atoms with van der Waals surface area (Å²) < 4.78 is 7.81. The topological polar surface area (TPSA) is 104 Å². The van der Waals surface area contributed by atoms with Crippen molar-refractivity contribution >= 4 is 40.6 Å². The molecule has 9 heteroatoms. The van der Waals surface area contributed by atoms with E-state index in [0.717, 1.165) is 5.56 Å². The number of aliphatic hydroxyl groups is 3. The zero-order valence-electron chi connectivity index (χ0n) is 17.5. The van der Waals surface area contributed by atoms with E-state index in [0.29, 0.717) is 31.7 Å². The number of hydrogen-bond acceptors (Lipinski definition) is 6. The van der Waals surface area contributed by atoms with Crippen molar-refractivity contribution in [3.63, 3.8) is 0 Å². The Bertz CT molecular complexity index is 1340. The average Bonchev–Trinajstić information content (AvgIpc) is 2.84. The second-order valence-corrected chi connectivity index (χ2v) is 8.56. The summed E-state index contributed by atoms with van der Waals surface area (Å²) >= 11 is 11.6. The smallest absolute Gasteiger partial charge is 0.254 e. The highest BCUT2D eigenvalue weighted by molar-refractivity contribution is 7.71. The molecule has 4 N–H and O–H groups in total. The van der Waals surface area contributed by atoms with Crippen LogP contribution in [0.25, 0.3) is 10.9 Å². The zero-order valence-corrected chi connectivity index (χ0v) is 19.0. The number of amides is 1. The fourth-order valence-electron chi connectivity index (χ4n) is 3.74. The first-order chi connectivity index (χ1) is 15.9. The molecule has 0 radical (unpaired) electrons. The monoisotopic (exact) mass is 484 g/mol. The van der Waals surface area contributed by atoms with Crippen molar-refractivity contribution in [3.8, 4) is 17.6 Å². The van der Waals surface area contributed by atoms with Gasteiger partial charge in [-0.1, -0.05) is 47.8 Å². The first kappa shape index (κ1) is 23.2. The van der Waals surface area contributed by atoms with E-state index in [1.165, 1.54) is 0 Å². The quantitative estimate of drug-likeness (QED) is 0.327. The highest BCUT2D eigenvalue weighted by atomic mass is 35.5. The van der Waals surface area contributed by atoms with E-state index in [4.69, 9.17) is 33.7 Å². The Morgan fingerprint density at radius 2 is 1.94 bits per heavy atom. The molecule has 1 aromatic heterocycles. The lowest BCUT2D eigenvalue weighted by atomic mass is 9.97. The SMILES string of the molecule is O=C(NCc1ccc(Cl)cc1)c1cn2c3c(cc(C#CCO)cc3c1=S)OCC2(CO)CO. The van der Waals surface area contributed by atoms with Gasteiger partial charge in [0.05, 0.1) is 28.8 Å². The van der Waals surface area contributed by atoms with Crippen molar-refractivity contribution in [1.82, 2.24) is 9.88 Å². The predicted octanol–water partition coefficient (Wildman–Crippen LogP) is 2.37. The van der Waals surface area contributed by atoms with Gasteiger partial charge >= 0.3 is 0 Å². The second-order valence-electron chi connectivity index (χ2n) is 7.71. The molecule has 1 aliphatic heterocycles. The number of rotatable bonds is 5. The predicted molar refractivity (Wildman–Crippen MR) is 127 cm³/mol. The molecule has 2 heterocycles. The number of aromatic nitrogens is 1. The van der Waals surface area contributed by atoms with Crippen LogP contribution in [0.5, 0.6) is 5.75 Å². The molecule has 0 saturated heterocycles. The lowest BCUT2D eigenvalue weighted by Gasteiger charge is -2.38. The van der Waals surface area contributed by atoms with Crippen molar-refractivity contribution in [1.29, 1.82) is 0 Å². The van der Waals surface area contributed by atoms with Crippen LogP contribution in [0.15, 0.2) is 42.6 Å². The third kappa shape index (κ3) is 4.34. The van der Waals surface area contributed by atoms with Crippen LogP contribution >= 0.6 is 23.8 Å². The number of carbonyl (C=O) groups excluding carboxylic acids is 1. The van der Waals surface area contributed by atoms with E-state index in [1.54, 1.807) is 35.0 Å². The van der Waals surface area contributed by atoms with Gasteiger partial charge in [0.15, 0.2) is 0 Å². The molecule has 33 heavy (non-hydrogen) atoms. The lowest BCUT2D eigenvalue weighted by molar-refractivity contribution is 0.0182. The first-order valence-electron chi connectivity index (χ1n) is 10.1. The van der Waals surface area contributed by atoms with Crippen LogP contribution in [0.4, 0.5) is 0 Å². The van der Waals surface area contributed by atoms with Gasteiger partial charge < -0.3 is 29.9 Å². The fraction of sp³-hybridized carbons (Fsp3) is 0.250.